The van der Waals surface area contributed by atoms with Crippen LogP contribution < -0.4 is 25.0 Å². The first kappa shape index (κ1) is 24.3. The van der Waals surface area contributed by atoms with Gasteiger partial charge in [-0.15, -0.1) is 0 Å². The Bertz CT molecular complexity index is 1180. The SMILES string of the molecule is CCOc1ccccc1NC(=O)C(=O)N/N=C/c1ccc(OCc2ccccc2C)c(OC)c1. The Kier molecular flexibility index (Phi) is 8.62. The van der Waals surface area contributed by atoms with Crippen molar-refractivity contribution < 1.29 is 23.8 Å². The summed E-state index contributed by atoms with van der Waals surface area (Å²) in [4.78, 5) is 24.3. The number of carbonyl (C=O) groups is 2. The van der Waals surface area contributed by atoms with E-state index in [0.29, 0.717) is 41.7 Å². The molecule has 0 aliphatic rings. The molecule has 8 nitrogen and oxygen atoms in total. The first-order valence-electron chi connectivity index (χ1n) is 10.7. The third kappa shape index (κ3) is 6.59. The molecule has 0 unspecified atom stereocenters. The van der Waals surface area contributed by atoms with Crippen molar-refractivity contribution in [3.63, 3.8) is 0 Å². The van der Waals surface area contributed by atoms with Crippen molar-refractivity contribution in [3.05, 3.63) is 83.4 Å². The van der Waals surface area contributed by atoms with Crippen molar-refractivity contribution >= 4 is 23.7 Å². The summed E-state index contributed by atoms with van der Waals surface area (Å²) >= 11 is 0. The molecular weight excluding hydrogens is 434 g/mol. The largest absolute Gasteiger partial charge is 0.493 e. The molecule has 34 heavy (non-hydrogen) atoms. The van der Waals surface area contributed by atoms with Gasteiger partial charge in [-0.25, -0.2) is 5.43 Å². The Morgan fingerprint density at radius 3 is 2.44 bits per heavy atom. The number of nitrogens with one attached hydrogen (secondary N) is 2. The minimum atomic E-state index is -0.910. The van der Waals surface area contributed by atoms with Gasteiger partial charge in [-0.2, -0.15) is 5.10 Å². The van der Waals surface area contributed by atoms with Crippen LogP contribution in [0, 0.1) is 6.92 Å². The van der Waals surface area contributed by atoms with E-state index in [1.54, 1.807) is 49.6 Å². The van der Waals surface area contributed by atoms with Crippen LogP contribution in [-0.4, -0.2) is 31.7 Å². The first-order valence-corrected chi connectivity index (χ1v) is 10.7. The number of anilines is 1. The van der Waals surface area contributed by atoms with E-state index < -0.39 is 11.8 Å². The second-order valence-electron chi connectivity index (χ2n) is 7.21. The number of hydrazone groups is 1. The summed E-state index contributed by atoms with van der Waals surface area (Å²) in [7, 11) is 1.54. The maximum absolute atomic E-state index is 12.2. The lowest BCUT2D eigenvalue weighted by Gasteiger charge is -2.12. The van der Waals surface area contributed by atoms with Gasteiger partial charge in [0.25, 0.3) is 0 Å². The van der Waals surface area contributed by atoms with Gasteiger partial charge in [0, 0.05) is 0 Å². The maximum Gasteiger partial charge on any atom is 0.329 e. The van der Waals surface area contributed by atoms with E-state index in [9.17, 15) is 9.59 Å². The lowest BCUT2D eigenvalue weighted by molar-refractivity contribution is -0.136. The fourth-order valence-corrected chi connectivity index (χ4v) is 3.06. The number of methoxy groups -OCH3 is 1. The van der Waals surface area contributed by atoms with Gasteiger partial charge in [0.05, 0.1) is 25.6 Å². The predicted molar refractivity (Wildman–Crippen MR) is 130 cm³/mol. The predicted octanol–water partition coefficient (Wildman–Crippen LogP) is 4.07. The van der Waals surface area contributed by atoms with Crippen LogP contribution in [0.1, 0.15) is 23.6 Å². The summed E-state index contributed by atoms with van der Waals surface area (Å²) in [5.41, 5.74) is 5.50. The van der Waals surface area contributed by atoms with E-state index in [2.05, 4.69) is 15.8 Å². The average Bonchev–Trinajstić information content (AvgIpc) is 2.85. The average molecular weight is 462 g/mol. The molecule has 3 aromatic rings. The van der Waals surface area contributed by atoms with E-state index in [0.717, 1.165) is 11.1 Å². The van der Waals surface area contributed by atoms with Crippen molar-refractivity contribution in [3.8, 4) is 17.2 Å². The van der Waals surface area contributed by atoms with Crippen LogP contribution >= 0.6 is 0 Å². The highest BCUT2D eigenvalue weighted by atomic mass is 16.5. The number of benzene rings is 3. The summed E-state index contributed by atoms with van der Waals surface area (Å²) in [5.74, 6) is -0.186. The lowest BCUT2D eigenvalue weighted by Crippen LogP contribution is -2.32. The Morgan fingerprint density at radius 2 is 1.68 bits per heavy atom. The summed E-state index contributed by atoms with van der Waals surface area (Å²) in [5, 5.41) is 6.37. The molecule has 2 amide bonds. The molecule has 8 heteroatoms. The van der Waals surface area contributed by atoms with Crippen LogP contribution in [0.5, 0.6) is 17.2 Å². The number of para-hydroxylation sites is 2. The molecule has 3 aromatic carbocycles. The van der Waals surface area contributed by atoms with Crippen molar-refractivity contribution in [2.75, 3.05) is 19.0 Å². The Labute approximate surface area is 198 Å². The van der Waals surface area contributed by atoms with Crippen molar-refractivity contribution in [2.45, 2.75) is 20.5 Å². The summed E-state index contributed by atoms with van der Waals surface area (Å²) in [6.07, 6.45) is 1.41. The Morgan fingerprint density at radius 1 is 0.912 bits per heavy atom. The van der Waals surface area contributed by atoms with Crippen LogP contribution in [0.25, 0.3) is 0 Å². The zero-order chi connectivity index (χ0) is 24.3. The third-order valence-corrected chi connectivity index (χ3v) is 4.85. The number of amides is 2. The molecular formula is C26H27N3O5. The van der Waals surface area contributed by atoms with Crippen LogP contribution in [-0.2, 0) is 16.2 Å². The molecule has 0 radical (unpaired) electrons. The van der Waals surface area contributed by atoms with Gasteiger partial charge in [-0.3, -0.25) is 9.59 Å². The fourth-order valence-electron chi connectivity index (χ4n) is 3.06. The molecule has 3 rings (SSSR count). The highest BCUT2D eigenvalue weighted by molar-refractivity contribution is 6.39. The van der Waals surface area contributed by atoms with Gasteiger partial charge in [0.1, 0.15) is 12.4 Å². The number of carbonyl (C=O) groups excluding carboxylic acids is 2. The number of hydrogen-bond donors (Lipinski definition) is 2. The van der Waals surface area contributed by atoms with Crippen molar-refractivity contribution in [1.82, 2.24) is 5.43 Å². The van der Waals surface area contributed by atoms with Gasteiger partial charge in [-0.05, 0) is 60.9 Å². The quantitative estimate of drug-likeness (QED) is 0.284. The molecule has 2 N–H and O–H groups in total. The molecule has 0 aliphatic heterocycles. The third-order valence-electron chi connectivity index (χ3n) is 4.85. The zero-order valence-corrected chi connectivity index (χ0v) is 19.3. The number of ether oxygens (including phenoxy) is 3. The molecule has 0 saturated heterocycles. The molecule has 0 heterocycles. The van der Waals surface area contributed by atoms with E-state index >= 15 is 0 Å². The number of nitrogens with zero attached hydrogens (tertiary/aromatic N) is 1. The summed E-state index contributed by atoms with van der Waals surface area (Å²) in [6.45, 7) is 4.70. The summed E-state index contributed by atoms with van der Waals surface area (Å²) in [6, 6.07) is 20.1. The van der Waals surface area contributed by atoms with E-state index in [1.165, 1.54) is 6.21 Å². The molecule has 0 saturated carbocycles. The van der Waals surface area contributed by atoms with Gasteiger partial charge >= 0.3 is 11.8 Å². The second-order valence-corrected chi connectivity index (χ2v) is 7.21. The normalized spacial score (nSPS) is 10.6. The van der Waals surface area contributed by atoms with Crippen molar-refractivity contribution in [2.24, 2.45) is 5.10 Å². The Hall–Kier alpha value is -4.33. The van der Waals surface area contributed by atoms with Gasteiger partial charge in [0.2, 0.25) is 0 Å². The molecule has 0 aromatic heterocycles. The molecule has 176 valence electrons. The minimum absolute atomic E-state index is 0.402. The Balaban J connectivity index is 1.58. The second kappa shape index (κ2) is 12.1. The van der Waals surface area contributed by atoms with Crippen LogP contribution in [0.4, 0.5) is 5.69 Å². The van der Waals surface area contributed by atoms with Crippen LogP contribution in [0.15, 0.2) is 71.8 Å². The van der Waals surface area contributed by atoms with Crippen LogP contribution in [0.2, 0.25) is 0 Å². The van der Waals surface area contributed by atoms with E-state index in [4.69, 9.17) is 14.2 Å². The zero-order valence-electron chi connectivity index (χ0n) is 19.3. The highest BCUT2D eigenvalue weighted by Gasteiger charge is 2.15. The molecule has 0 fully saturated rings. The lowest BCUT2D eigenvalue weighted by atomic mass is 10.1. The minimum Gasteiger partial charge on any atom is -0.493 e. The van der Waals surface area contributed by atoms with Crippen molar-refractivity contribution in [1.29, 1.82) is 0 Å². The number of aryl methyl sites for hydroxylation is 1. The maximum atomic E-state index is 12.2. The van der Waals surface area contributed by atoms with Gasteiger partial charge in [-0.1, -0.05) is 36.4 Å². The summed E-state index contributed by atoms with van der Waals surface area (Å²) < 4.78 is 16.8. The van der Waals surface area contributed by atoms with Gasteiger partial charge < -0.3 is 19.5 Å². The topological polar surface area (TPSA) is 98.2 Å². The van der Waals surface area contributed by atoms with E-state index in [1.807, 2.05) is 38.1 Å². The fraction of sp³-hybridized carbons (Fsp3) is 0.192. The molecule has 0 spiro atoms. The molecule has 0 bridgehead atoms. The van der Waals surface area contributed by atoms with E-state index in [-0.39, 0.29) is 0 Å². The van der Waals surface area contributed by atoms with Gasteiger partial charge in [0.15, 0.2) is 11.5 Å². The molecule has 0 aliphatic carbocycles. The number of rotatable bonds is 9. The molecule has 0 atom stereocenters. The number of hydrogen-bond acceptors (Lipinski definition) is 6. The monoisotopic (exact) mass is 461 g/mol. The smallest absolute Gasteiger partial charge is 0.329 e. The highest BCUT2D eigenvalue weighted by Crippen LogP contribution is 2.28. The standard InChI is InChI=1S/C26H27N3O5/c1-4-33-22-12-8-7-11-21(22)28-25(30)26(31)29-27-16-19-13-14-23(24(15-19)32-3)34-17-20-10-6-5-9-18(20)2/h5-16H,4,17H2,1-3H3,(H,28,30)(H,29,31)/b27-16+. The first-order chi connectivity index (χ1) is 16.5. The van der Waals surface area contributed by atoms with Crippen LogP contribution in [0.3, 0.4) is 0 Å².